The van der Waals surface area contributed by atoms with Gasteiger partial charge in [0.1, 0.15) is 0 Å². The zero-order valence-corrected chi connectivity index (χ0v) is 13.3. The van der Waals surface area contributed by atoms with Gasteiger partial charge in [-0.2, -0.15) is 0 Å². The average Bonchev–Trinajstić information content (AvgIpc) is 2.58. The van der Waals surface area contributed by atoms with Crippen LogP contribution < -0.4 is 0 Å². The SMILES string of the molecule is O=[C]=[Re]([Cl])=[C]=O.[CH-]=O.c1cnc(-c2ncccn2)nc1. The third-order valence-electron chi connectivity index (χ3n) is 1.47. The Labute approximate surface area is 123 Å². The smallest absolute Gasteiger partial charge is 0.197 e. The first-order valence-corrected chi connectivity index (χ1v) is 10.8. The Morgan fingerprint density at radius 2 is 1.15 bits per heavy atom. The molecular formula is C11H7ClN4O3Re-. The molecule has 0 aliphatic rings. The van der Waals surface area contributed by atoms with Crippen molar-refractivity contribution < 1.29 is 29.2 Å². The van der Waals surface area contributed by atoms with Gasteiger partial charge in [-0.3, -0.25) is 6.79 Å². The van der Waals surface area contributed by atoms with Gasteiger partial charge in [0, 0.05) is 24.8 Å². The van der Waals surface area contributed by atoms with E-state index < -0.39 is 14.8 Å². The summed E-state index contributed by atoms with van der Waals surface area (Å²) in [7, 11) is 4.99. The largest absolute Gasteiger partial charge is 0.545 e. The Hall–Kier alpha value is -2.06. The standard InChI is InChI=1S/C8H6N4.CHO.2CO.ClH.Re/c1-3-9-7(10-4-1)8-11-5-2-6-12-8;3*1-2;;/h1-6H;1H;;;1H;/q;-1;;;;+1/p-1. The summed E-state index contributed by atoms with van der Waals surface area (Å²) in [5.41, 5.74) is 0. The molecule has 0 aliphatic heterocycles. The number of hydrogen-bond donors (Lipinski definition) is 0. The van der Waals surface area contributed by atoms with Crippen molar-refractivity contribution in [1.29, 1.82) is 0 Å². The molecule has 9 heteroatoms. The Bertz CT molecular complexity index is 584. The fourth-order valence-electron chi connectivity index (χ4n) is 0.845. The summed E-state index contributed by atoms with van der Waals surface area (Å²) in [6, 6.07) is 3.51. The molecule has 2 heterocycles. The van der Waals surface area contributed by atoms with E-state index in [1.54, 1.807) is 36.9 Å². The summed E-state index contributed by atoms with van der Waals surface area (Å²) >= 11 is -2.66. The summed E-state index contributed by atoms with van der Waals surface area (Å²) in [6.07, 6.45) is 6.66. The van der Waals surface area contributed by atoms with E-state index in [1.165, 1.54) is 8.70 Å². The molecular weight excluding hydrogens is 458 g/mol. The van der Waals surface area contributed by atoms with Gasteiger partial charge in [-0.25, -0.2) is 19.9 Å². The Kier molecular flexibility index (Phi) is 10.8. The van der Waals surface area contributed by atoms with Crippen LogP contribution in [0.1, 0.15) is 0 Å². The van der Waals surface area contributed by atoms with Crippen molar-refractivity contribution in [2.75, 3.05) is 0 Å². The molecule has 0 unspecified atom stereocenters. The van der Waals surface area contributed by atoms with Crippen LogP contribution in [0.5, 0.6) is 0 Å². The molecule has 2 aromatic heterocycles. The summed E-state index contributed by atoms with van der Waals surface area (Å²) in [5.74, 6) is 1.11. The van der Waals surface area contributed by atoms with Crippen molar-refractivity contribution >= 4 is 25.0 Å². The molecule has 0 saturated heterocycles. The molecule has 20 heavy (non-hydrogen) atoms. The topological polar surface area (TPSA) is 103 Å². The van der Waals surface area contributed by atoms with Gasteiger partial charge in [0.05, 0.1) is 0 Å². The number of aromatic nitrogens is 4. The van der Waals surface area contributed by atoms with Crippen molar-refractivity contribution in [3.63, 3.8) is 0 Å². The van der Waals surface area contributed by atoms with E-state index in [0.29, 0.717) is 11.6 Å². The maximum absolute atomic E-state index is 9.30. The van der Waals surface area contributed by atoms with E-state index in [2.05, 4.69) is 26.7 Å². The summed E-state index contributed by atoms with van der Waals surface area (Å²) in [5, 5.41) is 0. The fourth-order valence-corrected chi connectivity index (χ4v) is 0.958. The van der Waals surface area contributed by atoms with Crippen LogP contribution in [-0.4, -0.2) is 35.4 Å². The number of halogens is 1. The van der Waals surface area contributed by atoms with Crippen LogP contribution in [0.2, 0.25) is 0 Å². The van der Waals surface area contributed by atoms with Crippen LogP contribution in [0.15, 0.2) is 36.9 Å². The molecule has 0 bridgehead atoms. The number of nitrogens with zero attached hydrogens (tertiary/aromatic N) is 4. The van der Waals surface area contributed by atoms with E-state index in [9.17, 15) is 9.59 Å². The summed E-state index contributed by atoms with van der Waals surface area (Å²) in [4.78, 5) is 42.4. The zero-order chi connectivity index (χ0) is 15.2. The number of carbonyl (C=O) groups excluding carboxylic acids is 3. The van der Waals surface area contributed by atoms with Crippen molar-refractivity contribution in [2.45, 2.75) is 0 Å². The van der Waals surface area contributed by atoms with Gasteiger partial charge in [0.2, 0.25) is 0 Å². The quantitative estimate of drug-likeness (QED) is 0.448. The van der Waals surface area contributed by atoms with Crippen LogP contribution in [-0.2, 0) is 29.2 Å². The van der Waals surface area contributed by atoms with Crippen LogP contribution >= 0.6 is 9.53 Å². The molecule has 0 radical (unpaired) electrons. The van der Waals surface area contributed by atoms with Gasteiger partial charge in [-0.05, 0) is 12.1 Å². The summed E-state index contributed by atoms with van der Waals surface area (Å²) in [6.45, 7) is 3.25. The fraction of sp³-hybridized carbons (Fsp3) is 0. The van der Waals surface area contributed by atoms with E-state index >= 15 is 0 Å². The predicted molar refractivity (Wildman–Crippen MR) is 67.0 cm³/mol. The molecule has 7 nitrogen and oxygen atoms in total. The maximum Gasteiger partial charge on any atom is 0.197 e. The van der Waals surface area contributed by atoms with Gasteiger partial charge in [-0.1, -0.05) is 0 Å². The zero-order valence-electron chi connectivity index (χ0n) is 9.81. The second-order valence-corrected chi connectivity index (χ2v) is 7.69. The van der Waals surface area contributed by atoms with Crippen molar-refractivity contribution in [1.82, 2.24) is 19.9 Å². The van der Waals surface area contributed by atoms with Gasteiger partial charge in [0.25, 0.3) is 0 Å². The van der Waals surface area contributed by atoms with Crippen molar-refractivity contribution in [2.24, 2.45) is 0 Å². The van der Waals surface area contributed by atoms with Gasteiger partial charge in [0.15, 0.2) is 11.6 Å². The second-order valence-electron chi connectivity index (χ2n) is 2.54. The Morgan fingerprint density at radius 1 is 0.850 bits per heavy atom. The van der Waals surface area contributed by atoms with Gasteiger partial charge < -0.3 is 4.79 Å². The van der Waals surface area contributed by atoms with Crippen molar-refractivity contribution in [3.05, 3.63) is 36.9 Å². The van der Waals surface area contributed by atoms with E-state index in [4.69, 9.17) is 14.3 Å². The Morgan fingerprint density at radius 3 is 1.35 bits per heavy atom. The molecule has 2 rings (SSSR count). The number of rotatable bonds is 1. The maximum atomic E-state index is 9.30. The molecule has 0 fully saturated rings. The van der Waals surface area contributed by atoms with Gasteiger partial charge in [-0.15, -0.1) is 0 Å². The molecule has 0 N–H and O–H groups in total. The number of hydrogen-bond acceptors (Lipinski definition) is 7. The normalized spacial score (nSPS) is 8.10. The first kappa shape index (κ1) is 17.9. The molecule has 0 atom stereocenters. The average molecular weight is 465 g/mol. The minimum absolute atomic E-state index is 0.554. The molecule has 0 spiro atoms. The molecule has 2 aromatic rings. The first-order chi connectivity index (χ1) is 9.77. The summed E-state index contributed by atoms with van der Waals surface area (Å²) < 4.78 is 2.78. The molecule has 0 saturated carbocycles. The first-order valence-electron chi connectivity index (χ1n) is 4.68. The van der Waals surface area contributed by atoms with E-state index in [-0.39, 0.29) is 0 Å². The third kappa shape index (κ3) is 7.39. The van der Waals surface area contributed by atoms with E-state index in [1.807, 2.05) is 0 Å². The monoisotopic (exact) mass is 465 g/mol. The second kappa shape index (κ2) is 12.0. The minimum Gasteiger partial charge on any atom is -0.545 e. The third-order valence-corrected chi connectivity index (χ3v) is 3.40. The van der Waals surface area contributed by atoms with E-state index in [0.717, 1.165) is 0 Å². The van der Waals surface area contributed by atoms with Crippen LogP contribution in [0.4, 0.5) is 0 Å². The molecule has 104 valence electrons. The predicted octanol–water partition coefficient (Wildman–Crippen LogP) is 0.552. The Balaban J connectivity index is 0.000000387. The van der Waals surface area contributed by atoms with Gasteiger partial charge >= 0.3 is 42.6 Å². The molecule has 0 amide bonds. The van der Waals surface area contributed by atoms with Crippen LogP contribution in [0.3, 0.4) is 0 Å². The molecule has 0 aromatic carbocycles. The van der Waals surface area contributed by atoms with Crippen LogP contribution in [0, 0.1) is 0 Å². The van der Waals surface area contributed by atoms with Crippen LogP contribution in [0.25, 0.3) is 11.6 Å². The minimum atomic E-state index is -2.66. The van der Waals surface area contributed by atoms with Crippen molar-refractivity contribution in [3.8, 4) is 11.6 Å². The molecule has 0 aliphatic carbocycles.